The molecular weight excluding hydrogens is 250 g/mol. The third kappa shape index (κ3) is 2.76. The maximum atomic E-state index is 9.92. The number of nitrogens with zero attached hydrogens (tertiary/aromatic N) is 1. The Labute approximate surface area is 120 Å². The normalized spacial score (nSPS) is 31.8. The second-order valence-electron chi connectivity index (χ2n) is 8.39. The largest absolute Gasteiger partial charge is 0.398 e. The van der Waals surface area contributed by atoms with E-state index in [1.165, 1.54) is 6.42 Å². The molecule has 1 aliphatic rings. The quantitative estimate of drug-likeness (QED) is 0.658. The van der Waals surface area contributed by atoms with E-state index in [2.05, 4.69) is 60.7 Å². The van der Waals surface area contributed by atoms with Crippen molar-refractivity contribution in [2.45, 2.75) is 84.5 Å². The van der Waals surface area contributed by atoms with Crippen molar-refractivity contribution < 1.29 is 4.43 Å². The Bertz CT molecular complexity index is 375. The Hall–Kier alpha value is -0.333. The van der Waals surface area contributed by atoms with Gasteiger partial charge in [0.15, 0.2) is 13.9 Å². The van der Waals surface area contributed by atoms with Crippen LogP contribution in [-0.2, 0) is 4.43 Å². The van der Waals surface area contributed by atoms with Crippen LogP contribution in [0.5, 0.6) is 0 Å². The maximum absolute atomic E-state index is 9.92. The van der Waals surface area contributed by atoms with Crippen LogP contribution in [0.3, 0.4) is 0 Å². The second-order valence-corrected chi connectivity index (χ2v) is 13.1. The Morgan fingerprint density at radius 2 is 1.79 bits per heavy atom. The first kappa shape index (κ1) is 16.7. The monoisotopic (exact) mass is 281 g/mol. The molecule has 0 aromatic rings. The first-order chi connectivity index (χ1) is 8.40. The molecule has 0 spiro atoms. The van der Waals surface area contributed by atoms with Gasteiger partial charge >= 0.3 is 0 Å². The van der Waals surface area contributed by atoms with Gasteiger partial charge in [-0.15, -0.1) is 0 Å². The lowest BCUT2D eigenvalue weighted by Gasteiger charge is -2.54. The first-order valence-corrected chi connectivity index (χ1v) is 10.4. The van der Waals surface area contributed by atoms with Crippen LogP contribution in [0.1, 0.15) is 60.8 Å². The minimum atomic E-state index is -1.94. The predicted molar refractivity (Wildman–Crippen MR) is 83.4 cm³/mol. The molecule has 1 saturated carbocycles. The summed E-state index contributed by atoms with van der Waals surface area (Å²) in [5, 5.41) is 10.1. The first-order valence-electron chi connectivity index (χ1n) is 7.51. The lowest BCUT2D eigenvalue weighted by molar-refractivity contribution is -0.0763. The van der Waals surface area contributed by atoms with Crippen LogP contribution in [-0.4, -0.2) is 13.9 Å². The number of hydrogen-bond acceptors (Lipinski definition) is 2. The van der Waals surface area contributed by atoms with E-state index in [4.69, 9.17) is 4.43 Å². The summed E-state index contributed by atoms with van der Waals surface area (Å²) in [5.41, 5.74) is -0.677. The average Bonchev–Trinajstić information content (AvgIpc) is 2.21. The Morgan fingerprint density at radius 1 is 1.26 bits per heavy atom. The zero-order valence-electron chi connectivity index (χ0n) is 14.1. The van der Waals surface area contributed by atoms with Crippen LogP contribution in [0.4, 0.5) is 0 Å². The fraction of sp³-hybridized carbons (Fsp3) is 0.938. The molecule has 3 heteroatoms. The van der Waals surface area contributed by atoms with Gasteiger partial charge in [0.25, 0.3) is 0 Å². The molecule has 0 aliphatic heterocycles. The topological polar surface area (TPSA) is 33.0 Å². The Morgan fingerprint density at radius 3 is 2.16 bits per heavy atom. The van der Waals surface area contributed by atoms with Crippen LogP contribution >= 0.6 is 0 Å². The van der Waals surface area contributed by atoms with Crippen molar-refractivity contribution in [2.75, 3.05) is 0 Å². The molecule has 1 aliphatic carbocycles. The van der Waals surface area contributed by atoms with E-state index in [9.17, 15) is 5.26 Å². The molecular formula is C16H31NOSi. The number of rotatable bonds is 2. The van der Waals surface area contributed by atoms with Crippen molar-refractivity contribution in [3.05, 3.63) is 0 Å². The summed E-state index contributed by atoms with van der Waals surface area (Å²) in [5.74, 6) is 0.315. The lowest BCUT2D eigenvalue weighted by Crippen LogP contribution is -2.60. The highest BCUT2D eigenvalue weighted by Gasteiger charge is 2.56. The fourth-order valence-corrected chi connectivity index (χ4v) is 4.62. The summed E-state index contributed by atoms with van der Waals surface area (Å²) in [6.45, 7) is 17.8. The molecule has 2 atom stereocenters. The molecule has 0 bridgehead atoms. The van der Waals surface area contributed by atoms with Gasteiger partial charge in [-0.2, -0.15) is 5.26 Å². The van der Waals surface area contributed by atoms with Gasteiger partial charge in [-0.1, -0.05) is 48.0 Å². The predicted octanol–water partition coefficient (Wildman–Crippen LogP) is 5.12. The minimum Gasteiger partial charge on any atom is -0.398 e. The van der Waals surface area contributed by atoms with E-state index < -0.39 is 13.9 Å². The van der Waals surface area contributed by atoms with Crippen molar-refractivity contribution in [3.63, 3.8) is 0 Å². The van der Waals surface area contributed by atoms with Gasteiger partial charge in [-0.3, -0.25) is 0 Å². The van der Waals surface area contributed by atoms with Gasteiger partial charge in [0.2, 0.25) is 0 Å². The molecule has 2 nitrogen and oxygen atoms in total. The van der Waals surface area contributed by atoms with Gasteiger partial charge in [-0.05, 0) is 36.9 Å². The van der Waals surface area contributed by atoms with Crippen molar-refractivity contribution in [2.24, 2.45) is 11.3 Å². The third-order valence-corrected chi connectivity index (χ3v) is 9.97. The van der Waals surface area contributed by atoms with Crippen molar-refractivity contribution in [1.82, 2.24) is 0 Å². The molecule has 1 fully saturated rings. The molecule has 0 aromatic carbocycles. The summed E-state index contributed by atoms with van der Waals surface area (Å²) >= 11 is 0. The van der Waals surface area contributed by atoms with E-state index in [1.807, 2.05) is 0 Å². The third-order valence-electron chi connectivity index (χ3n) is 5.53. The maximum Gasteiger partial charge on any atom is 0.194 e. The van der Waals surface area contributed by atoms with Crippen LogP contribution in [0.2, 0.25) is 18.1 Å². The highest BCUT2D eigenvalue weighted by atomic mass is 28.4. The van der Waals surface area contributed by atoms with Gasteiger partial charge in [0, 0.05) is 5.41 Å². The average molecular weight is 282 g/mol. The van der Waals surface area contributed by atoms with E-state index >= 15 is 0 Å². The van der Waals surface area contributed by atoms with Crippen LogP contribution in [0.25, 0.3) is 0 Å². The summed E-state index contributed by atoms with van der Waals surface area (Å²) in [6.07, 6.45) is 3.39. The Kier molecular flexibility index (Phi) is 4.31. The van der Waals surface area contributed by atoms with Crippen molar-refractivity contribution in [1.29, 1.82) is 5.26 Å². The summed E-state index contributed by atoms with van der Waals surface area (Å²) in [4.78, 5) is 0. The summed E-state index contributed by atoms with van der Waals surface area (Å²) in [7, 11) is -1.94. The molecule has 0 unspecified atom stereocenters. The highest BCUT2D eigenvalue weighted by Crippen LogP contribution is 2.52. The lowest BCUT2D eigenvalue weighted by atomic mass is 9.61. The molecule has 0 aromatic heterocycles. The summed E-state index contributed by atoms with van der Waals surface area (Å²) < 4.78 is 6.69. The highest BCUT2D eigenvalue weighted by molar-refractivity contribution is 6.74. The van der Waals surface area contributed by atoms with Gasteiger partial charge in [-0.25, -0.2) is 0 Å². The number of nitriles is 1. The van der Waals surface area contributed by atoms with Gasteiger partial charge in [0.05, 0.1) is 6.07 Å². The van der Waals surface area contributed by atoms with Crippen LogP contribution in [0.15, 0.2) is 0 Å². The van der Waals surface area contributed by atoms with E-state index in [0.29, 0.717) is 5.92 Å². The Balaban J connectivity index is 3.21. The SMILES string of the molecule is C[C@H]1CCCC(C)(C)[C@]1(C#N)O[Si](C)(C)C(C)(C)C. The molecule has 1 rings (SSSR count). The molecule has 19 heavy (non-hydrogen) atoms. The molecule has 0 heterocycles. The smallest absolute Gasteiger partial charge is 0.194 e. The molecule has 110 valence electrons. The summed E-state index contributed by atoms with van der Waals surface area (Å²) in [6, 6.07) is 2.60. The van der Waals surface area contributed by atoms with E-state index in [0.717, 1.165) is 12.8 Å². The minimum absolute atomic E-state index is 0.0606. The molecule has 0 amide bonds. The van der Waals surface area contributed by atoms with E-state index in [1.54, 1.807) is 0 Å². The molecule has 0 N–H and O–H groups in total. The standard InChI is InChI=1S/C16H31NOSi/c1-13-10-9-11-15(5,6)16(13,12-17)18-19(7,8)14(2,3)4/h13H,9-11H2,1-8H3/t13-,16+/m0/s1. The zero-order valence-corrected chi connectivity index (χ0v) is 15.1. The van der Waals surface area contributed by atoms with Crippen LogP contribution in [0, 0.1) is 22.7 Å². The van der Waals surface area contributed by atoms with Crippen molar-refractivity contribution >= 4 is 8.32 Å². The second kappa shape index (κ2) is 4.89. The van der Waals surface area contributed by atoms with Crippen LogP contribution < -0.4 is 0 Å². The molecule has 0 saturated heterocycles. The van der Waals surface area contributed by atoms with Gasteiger partial charge < -0.3 is 4.43 Å². The number of hydrogen-bond donors (Lipinski definition) is 0. The zero-order chi connectivity index (χ0) is 15.1. The van der Waals surface area contributed by atoms with Crippen molar-refractivity contribution in [3.8, 4) is 6.07 Å². The molecule has 0 radical (unpaired) electrons. The fourth-order valence-electron chi connectivity index (χ4n) is 2.98. The van der Waals surface area contributed by atoms with Gasteiger partial charge in [0.1, 0.15) is 0 Å². The van der Waals surface area contributed by atoms with E-state index in [-0.39, 0.29) is 10.5 Å².